The van der Waals surface area contributed by atoms with Gasteiger partial charge in [0.15, 0.2) is 38.2 Å². The van der Waals surface area contributed by atoms with E-state index < -0.39 is 89.0 Å². The number of imidazole rings is 1. The molecule has 26 heteroatoms. The molecular weight excluding hydrogens is 852 g/mol. The second-order valence-corrected chi connectivity index (χ2v) is 26.2. The summed E-state index contributed by atoms with van der Waals surface area (Å²) in [5.74, 6) is 0.0984. The van der Waals surface area contributed by atoms with E-state index in [1.807, 2.05) is 33.9 Å². The van der Waals surface area contributed by atoms with E-state index in [-0.39, 0.29) is 29.7 Å². The van der Waals surface area contributed by atoms with Gasteiger partial charge in [-0.15, -0.1) is 0 Å². The number of alkyl halides is 1. The predicted octanol–water partition coefficient (Wildman–Crippen LogP) is 4.30. The number of aromatic nitrogens is 7. The number of hydrogen-bond donors (Lipinski definition) is 2. The summed E-state index contributed by atoms with van der Waals surface area (Å²) < 4.78 is 70.0. The number of nitrogens with zero attached hydrogens (tertiary/aromatic N) is 8. The highest BCUT2D eigenvalue weighted by Crippen LogP contribution is 2.57. The van der Waals surface area contributed by atoms with Gasteiger partial charge >= 0.3 is 18.3 Å². The first-order chi connectivity index (χ1) is 26.3. The van der Waals surface area contributed by atoms with Crippen molar-refractivity contribution in [1.82, 2.24) is 34.1 Å². The minimum absolute atomic E-state index is 0.0939. The normalized spacial score (nSPS) is 33.1. The first-order valence-corrected chi connectivity index (χ1v) is 26.1. The monoisotopic (exact) mass is 891 g/mol. The highest BCUT2D eigenvalue weighted by molar-refractivity contribution is 8.07. The van der Waals surface area contributed by atoms with Crippen LogP contribution in [0.4, 0.5) is 10.2 Å². The molecule has 0 spiro atoms. The Morgan fingerprint density at radius 3 is 2.48 bits per heavy atom. The molecule has 3 saturated heterocycles. The van der Waals surface area contributed by atoms with Crippen molar-refractivity contribution < 1.29 is 45.8 Å². The molecule has 3 N–H and O–H groups in total. The molecule has 3 aliphatic rings. The van der Waals surface area contributed by atoms with Crippen LogP contribution in [0, 0.1) is 13.5 Å². The van der Waals surface area contributed by atoms with Gasteiger partial charge in [0.1, 0.15) is 65.8 Å². The smallest absolute Gasteiger partial charge is 0.328 e. The van der Waals surface area contributed by atoms with E-state index in [4.69, 9.17) is 72.4 Å². The largest absolute Gasteiger partial charge is 0.407 e. The Kier molecular flexibility index (Phi) is 11.7. The molecule has 19 nitrogen and oxygen atoms in total. The van der Waals surface area contributed by atoms with Crippen LogP contribution in [-0.2, 0) is 60.1 Å². The fourth-order valence-corrected chi connectivity index (χ4v) is 11.9. The van der Waals surface area contributed by atoms with Crippen LogP contribution in [0.25, 0.3) is 26.4 Å². The molecule has 3 fully saturated rings. The second-order valence-electron chi connectivity index (χ2n) is 14.7. The molecule has 0 bridgehead atoms. The average molecular weight is 892 g/mol. The van der Waals surface area contributed by atoms with E-state index in [2.05, 4.69) is 29.8 Å². The molecule has 10 atom stereocenters. The lowest BCUT2D eigenvalue weighted by molar-refractivity contribution is -0.0604. The molecular formula is C30H40FN9O10P2S3Si. The number of aryl methyl sites for hydroxylation is 1. The minimum atomic E-state index is -4.25. The molecule has 0 amide bonds. The number of ether oxygens (including phenoxy) is 2. The molecule has 0 aliphatic carbocycles. The molecule has 4 aromatic rings. The summed E-state index contributed by atoms with van der Waals surface area (Å²) in [7, 11) is -2.73. The molecule has 0 saturated carbocycles. The van der Waals surface area contributed by atoms with Gasteiger partial charge in [0.25, 0.3) is 0 Å². The predicted molar refractivity (Wildman–Crippen MR) is 211 cm³/mol. The highest BCUT2D eigenvalue weighted by atomic mass is 32.5. The van der Waals surface area contributed by atoms with E-state index >= 15 is 4.39 Å². The topological polar surface area (TPSA) is 216 Å². The Morgan fingerprint density at radius 1 is 1.07 bits per heavy atom. The Labute approximate surface area is 335 Å². The zero-order valence-electron chi connectivity index (χ0n) is 31.0. The van der Waals surface area contributed by atoms with Crippen LogP contribution in [0.1, 0.15) is 38.9 Å². The molecule has 7 rings (SSSR count). The summed E-state index contributed by atoms with van der Waals surface area (Å²) in [5.41, 5.74) is 7.63. The van der Waals surface area contributed by atoms with Crippen LogP contribution in [0.15, 0.2) is 23.8 Å². The lowest BCUT2D eigenvalue weighted by atomic mass is 10.1. The lowest BCUT2D eigenvalue weighted by Crippen LogP contribution is -2.50. The van der Waals surface area contributed by atoms with Crippen molar-refractivity contribution in [2.75, 3.05) is 32.1 Å². The fourth-order valence-electron chi connectivity index (χ4n) is 6.21. The van der Waals surface area contributed by atoms with Gasteiger partial charge in [-0.3, -0.25) is 23.0 Å². The van der Waals surface area contributed by atoms with Gasteiger partial charge in [0, 0.05) is 0 Å². The van der Waals surface area contributed by atoms with Crippen LogP contribution in [0.2, 0.25) is 18.1 Å². The van der Waals surface area contributed by atoms with Crippen molar-refractivity contribution in [3.63, 3.8) is 0 Å². The van der Waals surface area contributed by atoms with Gasteiger partial charge in [0.2, 0.25) is 6.54 Å². The molecule has 56 heavy (non-hydrogen) atoms. The molecule has 304 valence electrons. The first kappa shape index (κ1) is 41.8. The Hall–Kier alpha value is -2.30. The molecule has 0 radical (unpaired) electrons. The maximum absolute atomic E-state index is 16.7. The molecule has 2 unspecified atom stereocenters. The summed E-state index contributed by atoms with van der Waals surface area (Å²) in [4.78, 5) is 49.3. The van der Waals surface area contributed by atoms with Crippen molar-refractivity contribution in [3.05, 3.63) is 45.8 Å². The quantitative estimate of drug-likeness (QED) is 0.114. The number of fused-ring (bicyclic) bond motifs is 4. The van der Waals surface area contributed by atoms with E-state index in [1.54, 1.807) is 6.92 Å². The average Bonchev–Trinajstić information content (AvgIpc) is 3.86. The maximum Gasteiger partial charge on any atom is 0.328 e. The number of hydrogen-bond acceptors (Lipinski definition) is 18. The van der Waals surface area contributed by atoms with Crippen molar-refractivity contribution in [1.29, 1.82) is 0 Å². The van der Waals surface area contributed by atoms with Gasteiger partial charge < -0.3 is 42.9 Å². The lowest BCUT2D eigenvalue weighted by Gasteiger charge is -2.41. The summed E-state index contributed by atoms with van der Waals surface area (Å²) >= 11 is 12.2. The van der Waals surface area contributed by atoms with Gasteiger partial charge in [0.05, 0.1) is 25.2 Å². The summed E-state index contributed by atoms with van der Waals surface area (Å²) in [6, 6.07) is 0. The van der Waals surface area contributed by atoms with Gasteiger partial charge in [-0.2, -0.15) is 0 Å². The SMILES string of the molecule is [C-]#[N+]CCOP1(=S)OC[C@H]2O[C@@H](n3c(=O)sc4c(N)ncnc43)[C@H](O[Si](C)(C)C(C)(C)C)[C@@H]2OP(O)(=S)OC[C@H]2O[C@@H](n3cnc4c(C)ncnc43)[C@H](F)[C@@H]2O1. The van der Waals surface area contributed by atoms with Crippen molar-refractivity contribution >= 4 is 84.0 Å². The zero-order chi connectivity index (χ0) is 40.4. The summed E-state index contributed by atoms with van der Waals surface area (Å²) in [5, 5.41) is -0.340. The number of halogens is 1. The summed E-state index contributed by atoms with van der Waals surface area (Å²) in [6.07, 6.45) is -6.79. The minimum Gasteiger partial charge on any atom is -0.407 e. The second kappa shape index (κ2) is 15.7. The highest BCUT2D eigenvalue weighted by Gasteiger charge is 2.56. The fraction of sp³-hybridized carbons (Fsp3) is 0.633. The molecule has 7 heterocycles. The van der Waals surface area contributed by atoms with Gasteiger partial charge in [-0.1, -0.05) is 32.1 Å². The standard InChI is InChI=1S/C30H40FN9O10P2S3Si/c1-15-19-25(36-12-34-15)39(14-38-19)27-18(31)20-16(46-27)10-44-51(42,53)48-21-17(11-45-52(54,49-20)43-9-8-33-5)47-28(22(21)50-56(6,7)30(2,3)4)40-26-23(55-29(40)41)24(32)35-13-37-26/h12-14,16-18,20-22,27-28H,8-11H2,1-4,6-7H3,(H,42,53)(H2,32,35,37)/t16-,17-,18-,20-,21-,22-,27-,28-,51?,52?/m1/s1. The Balaban J connectivity index is 1.28. The van der Waals surface area contributed by atoms with Gasteiger partial charge in [-0.25, -0.2) is 35.9 Å². The van der Waals surface area contributed by atoms with Crippen LogP contribution < -0.4 is 10.6 Å². The Bertz CT molecular complexity index is 2330. The van der Waals surface area contributed by atoms with Crippen LogP contribution >= 0.6 is 24.8 Å². The van der Waals surface area contributed by atoms with E-state index in [0.29, 0.717) is 21.6 Å². The van der Waals surface area contributed by atoms with Crippen molar-refractivity contribution in [2.45, 2.75) is 95.0 Å². The van der Waals surface area contributed by atoms with Crippen molar-refractivity contribution in [3.8, 4) is 0 Å². The molecule has 4 aromatic heterocycles. The van der Waals surface area contributed by atoms with Crippen molar-refractivity contribution in [2.24, 2.45) is 0 Å². The van der Waals surface area contributed by atoms with Crippen LogP contribution in [0.5, 0.6) is 0 Å². The Morgan fingerprint density at radius 2 is 1.75 bits per heavy atom. The third-order valence-corrected chi connectivity index (χ3v) is 19.4. The third-order valence-electron chi connectivity index (χ3n) is 10.0. The maximum atomic E-state index is 16.7. The van der Waals surface area contributed by atoms with E-state index in [9.17, 15) is 9.69 Å². The molecule has 3 aliphatic heterocycles. The van der Waals surface area contributed by atoms with E-state index in [1.165, 1.54) is 28.1 Å². The third kappa shape index (κ3) is 8.02. The van der Waals surface area contributed by atoms with Crippen LogP contribution in [-0.4, -0.2) is 110 Å². The number of nitrogen functional groups attached to an aromatic ring is 1. The van der Waals surface area contributed by atoms with Gasteiger partial charge in [-0.05, 0) is 48.7 Å². The number of rotatable bonds is 7. The van der Waals surface area contributed by atoms with E-state index in [0.717, 1.165) is 11.3 Å². The van der Waals surface area contributed by atoms with Crippen LogP contribution in [0.3, 0.4) is 0 Å². The number of thiazole rings is 1. The summed E-state index contributed by atoms with van der Waals surface area (Å²) in [6.45, 7) is 9.66. The number of nitrogens with two attached hydrogens (primary N) is 1. The molecule has 0 aromatic carbocycles. The number of anilines is 1. The zero-order valence-corrected chi connectivity index (χ0v) is 36.2. The first-order valence-electron chi connectivity index (χ1n) is 17.3.